The van der Waals surface area contributed by atoms with Crippen LogP contribution in [0.4, 0.5) is 4.39 Å². The molecule has 6 heteroatoms. The Kier molecular flexibility index (Phi) is 3.57. The number of methoxy groups -OCH3 is 1. The summed E-state index contributed by atoms with van der Waals surface area (Å²) in [5.41, 5.74) is -0.493. The van der Waals surface area contributed by atoms with Gasteiger partial charge in [-0.25, -0.2) is 9.18 Å². The molecule has 1 aromatic carbocycles. The van der Waals surface area contributed by atoms with Gasteiger partial charge in [-0.3, -0.25) is 0 Å². The Morgan fingerprint density at radius 3 is 2.95 bits per heavy atom. The lowest BCUT2D eigenvalue weighted by molar-refractivity contribution is -0.160. The Morgan fingerprint density at radius 2 is 2.37 bits per heavy atom. The zero-order chi connectivity index (χ0) is 14.0. The molecule has 100 valence electrons. The first-order valence-electron chi connectivity index (χ1n) is 5.44. The summed E-state index contributed by atoms with van der Waals surface area (Å²) in [7, 11) is 1.24. The number of rotatable bonds is 3. The molecule has 0 aromatic heterocycles. The van der Waals surface area contributed by atoms with Gasteiger partial charge >= 0.3 is 5.97 Å². The third-order valence-electron chi connectivity index (χ3n) is 2.81. The van der Waals surface area contributed by atoms with Crippen molar-refractivity contribution >= 4 is 23.3 Å². The van der Waals surface area contributed by atoms with E-state index >= 15 is 0 Å². The number of oxime groups is 1. The summed E-state index contributed by atoms with van der Waals surface area (Å²) in [6.45, 7) is 3.55. The van der Waals surface area contributed by atoms with Crippen molar-refractivity contribution in [2.45, 2.75) is 12.0 Å². The minimum atomic E-state index is -1.36. The van der Waals surface area contributed by atoms with Crippen molar-refractivity contribution in [3.8, 4) is 0 Å². The number of esters is 1. The standard InChI is InChI=1S/C13H11ClFNO3/c1-3-13(12(17)18-2)7-11(16-19-13)8-4-9(14)6-10(15)5-8/h3-6H,1,7H2,2H3. The molecule has 1 atom stereocenters. The monoisotopic (exact) mass is 283 g/mol. The van der Waals surface area contributed by atoms with E-state index in [1.165, 1.54) is 25.3 Å². The van der Waals surface area contributed by atoms with Gasteiger partial charge in [-0.15, -0.1) is 0 Å². The van der Waals surface area contributed by atoms with Crippen molar-refractivity contribution in [3.63, 3.8) is 0 Å². The Labute approximate surface area is 114 Å². The molecular formula is C13H11ClFNO3. The highest BCUT2D eigenvalue weighted by atomic mass is 35.5. The Bertz CT molecular complexity index is 553. The fourth-order valence-corrected chi connectivity index (χ4v) is 2.02. The lowest BCUT2D eigenvalue weighted by Crippen LogP contribution is -2.37. The first kappa shape index (κ1) is 13.5. The van der Waals surface area contributed by atoms with Crippen LogP contribution >= 0.6 is 11.6 Å². The highest BCUT2D eigenvalue weighted by Gasteiger charge is 2.45. The van der Waals surface area contributed by atoms with Crippen LogP contribution < -0.4 is 0 Å². The molecule has 19 heavy (non-hydrogen) atoms. The molecule has 4 nitrogen and oxygen atoms in total. The molecule has 1 aromatic rings. The molecule has 0 spiro atoms. The molecule has 0 saturated heterocycles. The van der Waals surface area contributed by atoms with Crippen LogP contribution in [-0.4, -0.2) is 24.4 Å². The summed E-state index contributed by atoms with van der Waals surface area (Å²) in [5.74, 6) is -1.09. The number of hydrogen-bond acceptors (Lipinski definition) is 4. The maximum Gasteiger partial charge on any atom is 0.357 e. The van der Waals surface area contributed by atoms with Crippen LogP contribution in [0.2, 0.25) is 5.02 Å². The van der Waals surface area contributed by atoms with Crippen LogP contribution in [0.25, 0.3) is 0 Å². The number of carbonyl (C=O) groups is 1. The Morgan fingerprint density at radius 1 is 1.63 bits per heavy atom. The summed E-state index contributed by atoms with van der Waals surface area (Å²) in [5, 5.41) is 4.04. The van der Waals surface area contributed by atoms with Crippen molar-refractivity contribution in [1.29, 1.82) is 0 Å². The number of carbonyl (C=O) groups excluding carboxylic acids is 1. The predicted octanol–water partition coefficient (Wildman–Crippen LogP) is 2.70. The Hall–Kier alpha value is -1.88. The van der Waals surface area contributed by atoms with Crippen LogP contribution in [-0.2, 0) is 14.4 Å². The topological polar surface area (TPSA) is 47.9 Å². The van der Waals surface area contributed by atoms with Gasteiger partial charge in [0.25, 0.3) is 5.60 Å². The van der Waals surface area contributed by atoms with Crippen molar-refractivity contribution in [2.24, 2.45) is 5.16 Å². The predicted molar refractivity (Wildman–Crippen MR) is 68.6 cm³/mol. The normalized spacial score (nSPS) is 21.5. The molecule has 2 rings (SSSR count). The van der Waals surface area contributed by atoms with Crippen LogP contribution in [0.15, 0.2) is 36.0 Å². The van der Waals surface area contributed by atoms with Gasteiger partial charge in [0, 0.05) is 10.6 Å². The van der Waals surface area contributed by atoms with Crippen LogP contribution in [0.5, 0.6) is 0 Å². The first-order valence-corrected chi connectivity index (χ1v) is 5.82. The number of halogens is 2. The zero-order valence-electron chi connectivity index (χ0n) is 10.2. The van der Waals surface area contributed by atoms with Gasteiger partial charge in [0.05, 0.1) is 19.2 Å². The minimum Gasteiger partial charge on any atom is -0.466 e. The van der Waals surface area contributed by atoms with E-state index < -0.39 is 17.4 Å². The number of nitrogens with zero attached hydrogens (tertiary/aromatic N) is 1. The van der Waals surface area contributed by atoms with E-state index in [1.54, 1.807) is 6.07 Å². The average molecular weight is 284 g/mol. The van der Waals surface area contributed by atoms with E-state index in [4.69, 9.17) is 16.4 Å². The maximum absolute atomic E-state index is 13.3. The molecule has 1 heterocycles. The van der Waals surface area contributed by atoms with Gasteiger partial charge in [0.1, 0.15) is 5.82 Å². The summed E-state index contributed by atoms with van der Waals surface area (Å²) >= 11 is 5.78. The molecule has 0 aliphatic carbocycles. The van der Waals surface area contributed by atoms with Gasteiger partial charge in [-0.2, -0.15) is 0 Å². The molecule has 0 fully saturated rings. The van der Waals surface area contributed by atoms with Crippen LogP contribution in [0.3, 0.4) is 0 Å². The summed E-state index contributed by atoms with van der Waals surface area (Å²) < 4.78 is 17.9. The molecular weight excluding hydrogens is 273 g/mol. The van der Waals surface area contributed by atoms with E-state index in [-0.39, 0.29) is 11.4 Å². The molecule has 0 bridgehead atoms. The third kappa shape index (κ3) is 2.46. The molecule has 0 radical (unpaired) electrons. The smallest absolute Gasteiger partial charge is 0.357 e. The second kappa shape index (κ2) is 5.01. The number of benzene rings is 1. The summed E-state index contributed by atoms with van der Waals surface area (Å²) in [6, 6.07) is 4.00. The Balaban J connectivity index is 2.30. The zero-order valence-corrected chi connectivity index (χ0v) is 10.9. The molecule has 0 amide bonds. The van der Waals surface area contributed by atoms with Crippen LogP contribution in [0.1, 0.15) is 12.0 Å². The minimum absolute atomic E-state index is 0.114. The SMILES string of the molecule is C=CC1(C(=O)OC)CC(c2cc(F)cc(Cl)c2)=NO1. The fourth-order valence-electron chi connectivity index (χ4n) is 1.80. The lowest BCUT2D eigenvalue weighted by atomic mass is 9.94. The van der Waals surface area contributed by atoms with Gasteiger partial charge in [-0.1, -0.05) is 23.3 Å². The van der Waals surface area contributed by atoms with Crippen molar-refractivity contribution in [1.82, 2.24) is 0 Å². The molecule has 0 saturated carbocycles. The molecule has 1 unspecified atom stereocenters. The molecule has 1 aliphatic rings. The maximum atomic E-state index is 13.3. The molecule has 1 aliphatic heterocycles. The van der Waals surface area contributed by atoms with Crippen molar-refractivity contribution in [3.05, 3.63) is 47.3 Å². The second-order valence-electron chi connectivity index (χ2n) is 4.05. The highest BCUT2D eigenvalue weighted by Crippen LogP contribution is 2.30. The van der Waals surface area contributed by atoms with E-state index in [0.717, 1.165) is 0 Å². The molecule has 0 N–H and O–H groups in total. The average Bonchev–Trinajstić information content (AvgIpc) is 2.82. The summed E-state index contributed by atoms with van der Waals surface area (Å²) in [6.07, 6.45) is 1.43. The second-order valence-corrected chi connectivity index (χ2v) is 4.49. The third-order valence-corrected chi connectivity index (χ3v) is 3.02. The van der Waals surface area contributed by atoms with Crippen molar-refractivity contribution in [2.75, 3.05) is 7.11 Å². The summed E-state index contributed by atoms with van der Waals surface area (Å²) in [4.78, 5) is 16.8. The highest BCUT2D eigenvalue weighted by molar-refractivity contribution is 6.31. The van der Waals surface area contributed by atoms with E-state index in [1.807, 2.05) is 0 Å². The quantitative estimate of drug-likeness (QED) is 0.633. The van der Waals surface area contributed by atoms with E-state index in [9.17, 15) is 9.18 Å². The lowest BCUT2D eigenvalue weighted by Gasteiger charge is -2.18. The number of ether oxygens (including phenoxy) is 1. The van der Waals surface area contributed by atoms with Crippen LogP contribution in [0, 0.1) is 5.82 Å². The van der Waals surface area contributed by atoms with Gasteiger partial charge in [0.2, 0.25) is 0 Å². The van der Waals surface area contributed by atoms with Crippen molar-refractivity contribution < 1.29 is 18.8 Å². The first-order chi connectivity index (χ1) is 9.00. The number of hydrogen-bond donors (Lipinski definition) is 0. The fraction of sp³-hybridized carbons (Fsp3) is 0.231. The van der Waals surface area contributed by atoms with E-state index in [2.05, 4.69) is 16.5 Å². The van der Waals surface area contributed by atoms with Gasteiger partial charge < -0.3 is 9.57 Å². The van der Waals surface area contributed by atoms with Gasteiger partial charge in [0.15, 0.2) is 0 Å². The largest absolute Gasteiger partial charge is 0.466 e. The van der Waals surface area contributed by atoms with E-state index in [0.29, 0.717) is 11.3 Å². The van der Waals surface area contributed by atoms with Gasteiger partial charge in [-0.05, 0) is 24.3 Å².